The SMILES string of the molecule is CCCCCC(C)NC(=O)CNC(=O)C(C)(C)C. The lowest BCUT2D eigenvalue weighted by atomic mass is 9.96. The van der Waals surface area contributed by atoms with Crippen molar-refractivity contribution in [3.05, 3.63) is 0 Å². The third-order valence-electron chi connectivity index (χ3n) is 2.74. The van der Waals surface area contributed by atoms with E-state index in [1.54, 1.807) is 0 Å². The molecule has 4 heteroatoms. The molecule has 0 aliphatic heterocycles. The van der Waals surface area contributed by atoms with Gasteiger partial charge in [0.05, 0.1) is 6.54 Å². The van der Waals surface area contributed by atoms with Gasteiger partial charge in [0.15, 0.2) is 0 Å². The molecule has 0 heterocycles. The van der Waals surface area contributed by atoms with Crippen LogP contribution in [0.15, 0.2) is 0 Å². The lowest BCUT2D eigenvalue weighted by Crippen LogP contribution is -2.43. The lowest BCUT2D eigenvalue weighted by Gasteiger charge is -2.18. The first-order valence-corrected chi connectivity index (χ1v) is 6.85. The fourth-order valence-electron chi connectivity index (χ4n) is 1.52. The van der Waals surface area contributed by atoms with Gasteiger partial charge < -0.3 is 10.6 Å². The maximum atomic E-state index is 11.6. The molecule has 0 bridgehead atoms. The van der Waals surface area contributed by atoms with Crippen LogP contribution in [0.5, 0.6) is 0 Å². The largest absolute Gasteiger partial charge is 0.352 e. The summed E-state index contributed by atoms with van der Waals surface area (Å²) in [5, 5.41) is 5.54. The zero-order chi connectivity index (χ0) is 14.2. The highest BCUT2D eigenvalue weighted by Gasteiger charge is 2.21. The maximum Gasteiger partial charge on any atom is 0.239 e. The first-order valence-electron chi connectivity index (χ1n) is 6.85. The number of amides is 2. The first-order chi connectivity index (χ1) is 8.27. The van der Waals surface area contributed by atoms with E-state index in [0.29, 0.717) is 0 Å². The molecule has 0 radical (unpaired) electrons. The van der Waals surface area contributed by atoms with Crippen molar-refractivity contribution in [3.63, 3.8) is 0 Å². The molecule has 1 unspecified atom stereocenters. The van der Waals surface area contributed by atoms with Crippen LogP contribution in [0.1, 0.15) is 60.3 Å². The molecular formula is C14H28N2O2. The minimum absolute atomic E-state index is 0.0637. The summed E-state index contributed by atoms with van der Waals surface area (Å²) >= 11 is 0. The molecule has 1 atom stereocenters. The quantitative estimate of drug-likeness (QED) is 0.686. The van der Waals surface area contributed by atoms with Crippen molar-refractivity contribution < 1.29 is 9.59 Å². The molecule has 0 aromatic heterocycles. The molecule has 2 N–H and O–H groups in total. The summed E-state index contributed by atoms with van der Waals surface area (Å²) in [5.74, 6) is -0.215. The predicted octanol–water partition coefficient (Wildman–Crippen LogP) is 2.23. The van der Waals surface area contributed by atoms with Gasteiger partial charge in [-0.2, -0.15) is 0 Å². The molecule has 0 aliphatic rings. The molecule has 0 fully saturated rings. The number of unbranched alkanes of at least 4 members (excludes halogenated alkanes) is 2. The highest BCUT2D eigenvalue weighted by Crippen LogP contribution is 2.11. The van der Waals surface area contributed by atoms with Crippen LogP contribution in [-0.4, -0.2) is 24.4 Å². The molecule has 0 spiro atoms. The van der Waals surface area contributed by atoms with E-state index in [2.05, 4.69) is 17.6 Å². The number of hydrogen-bond donors (Lipinski definition) is 2. The Labute approximate surface area is 111 Å². The average molecular weight is 256 g/mol. The van der Waals surface area contributed by atoms with Crippen molar-refractivity contribution >= 4 is 11.8 Å². The molecule has 2 amide bonds. The lowest BCUT2D eigenvalue weighted by molar-refractivity contribution is -0.131. The van der Waals surface area contributed by atoms with Gasteiger partial charge in [0.1, 0.15) is 0 Å². The fourth-order valence-corrected chi connectivity index (χ4v) is 1.52. The van der Waals surface area contributed by atoms with E-state index >= 15 is 0 Å². The van der Waals surface area contributed by atoms with Gasteiger partial charge in [-0.25, -0.2) is 0 Å². The Morgan fingerprint density at radius 2 is 1.78 bits per heavy atom. The van der Waals surface area contributed by atoms with E-state index in [0.717, 1.165) is 12.8 Å². The van der Waals surface area contributed by atoms with Gasteiger partial charge in [-0.3, -0.25) is 9.59 Å². The summed E-state index contributed by atoms with van der Waals surface area (Å²) in [6.45, 7) is 9.70. The van der Waals surface area contributed by atoms with Gasteiger partial charge in [0.2, 0.25) is 11.8 Å². The highest BCUT2D eigenvalue weighted by atomic mass is 16.2. The van der Waals surface area contributed by atoms with Crippen molar-refractivity contribution in [2.75, 3.05) is 6.54 Å². The van der Waals surface area contributed by atoms with Gasteiger partial charge >= 0.3 is 0 Å². The smallest absolute Gasteiger partial charge is 0.239 e. The summed E-state index contributed by atoms with van der Waals surface area (Å²) in [6, 6.07) is 0.176. The second-order valence-electron chi connectivity index (χ2n) is 5.90. The zero-order valence-electron chi connectivity index (χ0n) is 12.4. The molecule has 0 saturated heterocycles. The van der Waals surface area contributed by atoms with Gasteiger partial charge in [-0.05, 0) is 13.3 Å². The topological polar surface area (TPSA) is 58.2 Å². The fraction of sp³-hybridized carbons (Fsp3) is 0.857. The van der Waals surface area contributed by atoms with E-state index in [1.165, 1.54) is 12.8 Å². The summed E-state index contributed by atoms with van der Waals surface area (Å²) in [7, 11) is 0. The number of rotatable bonds is 7. The number of nitrogens with one attached hydrogen (secondary N) is 2. The Morgan fingerprint density at radius 3 is 2.28 bits per heavy atom. The summed E-state index contributed by atoms with van der Waals surface area (Å²) in [5.41, 5.74) is -0.451. The van der Waals surface area contributed by atoms with Crippen LogP contribution in [0.3, 0.4) is 0 Å². The van der Waals surface area contributed by atoms with E-state index in [1.807, 2.05) is 27.7 Å². The second kappa shape index (κ2) is 8.11. The highest BCUT2D eigenvalue weighted by molar-refractivity contribution is 5.87. The third-order valence-corrected chi connectivity index (χ3v) is 2.74. The average Bonchev–Trinajstić information content (AvgIpc) is 2.24. The Hall–Kier alpha value is -1.06. The molecule has 0 aliphatic carbocycles. The van der Waals surface area contributed by atoms with Gasteiger partial charge in [-0.15, -0.1) is 0 Å². The number of hydrogen-bond acceptors (Lipinski definition) is 2. The Balaban J connectivity index is 3.80. The van der Waals surface area contributed by atoms with Crippen LogP contribution in [0.25, 0.3) is 0 Å². The molecule has 0 aromatic rings. The van der Waals surface area contributed by atoms with Crippen LogP contribution < -0.4 is 10.6 Å². The molecule has 0 saturated carbocycles. The van der Waals surface area contributed by atoms with Crippen LogP contribution >= 0.6 is 0 Å². The first kappa shape index (κ1) is 16.9. The molecule has 0 aromatic carbocycles. The Morgan fingerprint density at radius 1 is 1.17 bits per heavy atom. The molecule has 106 valence electrons. The van der Waals surface area contributed by atoms with Crippen molar-refractivity contribution in [1.82, 2.24) is 10.6 Å². The molecule has 18 heavy (non-hydrogen) atoms. The van der Waals surface area contributed by atoms with Crippen molar-refractivity contribution in [3.8, 4) is 0 Å². The van der Waals surface area contributed by atoms with Crippen molar-refractivity contribution in [2.45, 2.75) is 66.3 Å². The maximum absolute atomic E-state index is 11.6. The Kier molecular flexibility index (Phi) is 7.64. The van der Waals surface area contributed by atoms with Crippen LogP contribution in [0.4, 0.5) is 0 Å². The van der Waals surface area contributed by atoms with Gasteiger partial charge in [-0.1, -0.05) is 47.0 Å². The monoisotopic (exact) mass is 256 g/mol. The van der Waals surface area contributed by atoms with Gasteiger partial charge in [0, 0.05) is 11.5 Å². The van der Waals surface area contributed by atoms with Crippen molar-refractivity contribution in [2.24, 2.45) is 5.41 Å². The summed E-state index contributed by atoms with van der Waals surface area (Å²) < 4.78 is 0. The van der Waals surface area contributed by atoms with Crippen LogP contribution in [-0.2, 0) is 9.59 Å². The number of carbonyl (C=O) groups is 2. The van der Waals surface area contributed by atoms with Crippen LogP contribution in [0, 0.1) is 5.41 Å². The third kappa shape index (κ3) is 8.09. The molecular weight excluding hydrogens is 228 g/mol. The van der Waals surface area contributed by atoms with E-state index in [4.69, 9.17) is 0 Å². The molecule has 0 rings (SSSR count). The standard InChI is InChI=1S/C14H28N2O2/c1-6-7-8-9-11(2)16-12(17)10-15-13(18)14(3,4)5/h11H,6-10H2,1-5H3,(H,15,18)(H,16,17). The van der Waals surface area contributed by atoms with E-state index in [-0.39, 0.29) is 24.4 Å². The molecule has 4 nitrogen and oxygen atoms in total. The minimum atomic E-state index is -0.451. The predicted molar refractivity (Wildman–Crippen MR) is 74.2 cm³/mol. The number of carbonyl (C=O) groups excluding carboxylic acids is 2. The Bertz CT molecular complexity index is 269. The normalized spacial score (nSPS) is 12.9. The zero-order valence-corrected chi connectivity index (χ0v) is 12.4. The van der Waals surface area contributed by atoms with Crippen molar-refractivity contribution in [1.29, 1.82) is 0 Å². The summed E-state index contributed by atoms with van der Waals surface area (Å²) in [6.07, 6.45) is 4.50. The second-order valence-corrected chi connectivity index (χ2v) is 5.90. The minimum Gasteiger partial charge on any atom is -0.352 e. The van der Waals surface area contributed by atoms with E-state index in [9.17, 15) is 9.59 Å². The van der Waals surface area contributed by atoms with Gasteiger partial charge in [0.25, 0.3) is 0 Å². The summed E-state index contributed by atoms with van der Waals surface area (Å²) in [4.78, 5) is 23.2. The van der Waals surface area contributed by atoms with E-state index < -0.39 is 5.41 Å². The van der Waals surface area contributed by atoms with Crippen LogP contribution in [0.2, 0.25) is 0 Å².